The number of hydrogen-bond donors (Lipinski definition) is 4. The van der Waals surface area contributed by atoms with E-state index in [1.165, 1.54) is 12.1 Å². The van der Waals surface area contributed by atoms with E-state index in [4.69, 9.17) is 0 Å². The summed E-state index contributed by atoms with van der Waals surface area (Å²) in [4.78, 5) is 36.5. The number of nitrogens with zero attached hydrogens (tertiary/aromatic N) is 3. The van der Waals surface area contributed by atoms with E-state index in [0.29, 0.717) is 25.2 Å². The lowest BCUT2D eigenvalue weighted by atomic mass is 9.88. The van der Waals surface area contributed by atoms with E-state index in [1.807, 2.05) is 18.7 Å². The number of aromatic amines is 2. The van der Waals surface area contributed by atoms with E-state index in [9.17, 15) is 27.9 Å². The van der Waals surface area contributed by atoms with Crippen LogP contribution in [0.5, 0.6) is 0 Å². The molecule has 0 fully saturated rings. The smallest absolute Gasteiger partial charge is 0.276 e. The van der Waals surface area contributed by atoms with Gasteiger partial charge < -0.3 is 5.11 Å². The number of benzene rings is 1. The summed E-state index contributed by atoms with van der Waals surface area (Å²) < 4.78 is 24.0. The molecule has 3 unspecified atom stereocenters. The summed E-state index contributed by atoms with van der Waals surface area (Å²) >= 11 is 0. The summed E-state index contributed by atoms with van der Waals surface area (Å²) in [7, 11) is -3.79. The Morgan fingerprint density at radius 2 is 1.48 bits per heavy atom. The molecule has 0 saturated carbocycles. The highest BCUT2D eigenvalue weighted by Gasteiger charge is 2.26. The van der Waals surface area contributed by atoms with Gasteiger partial charge in [-0.25, -0.2) is 4.83 Å². The molecule has 2 heterocycles. The Balaban J connectivity index is 0.000000167. The second-order valence-corrected chi connectivity index (χ2v) is 13.1. The molecular formula is C31H38N6O6S. The Morgan fingerprint density at radius 1 is 0.864 bits per heavy atom. The van der Waals surface area contributed by atoms with Crippen LogP contribution in [-0.2, 0) is 21.2 Å². The number of aliphatic hydroxyl groups excluding tert-OH is 1. The predicted octanol–water partition coefficient (Wildman–Crippen LogP) is 4.73. The topological polar surface area (TPSA) is 187 Å². The second kappa shape index (κ2) is 13.9. The van der Waals surface area contributed by atoms with Crippen LogP contribution < -0.4 is 4.83 Å². The number of Topliss-reactive ketones (excluding diaryl/α,β-unsaturated/α-hetero) is 3. The van der Waals surface area contributed by atoms with E-state index in [0.717, 1.165) is 53.6 Å². The molecule has 44 heavy (non-hydrogen) atoms. The van der Waals surface area contributed by atoms with Gasteiger partial charge in [-0.2, -0.15) is 23.7 Å². The summed E-state index contributed by atoms with van der Waals surface area (Å²) in [6.45, 7) is 7.74. The lowest BCUT2D eigenvalue weighted by molar-refractivity contribution is -0.116. The number of carbonyl (C=O) groups excluding carboxylic acids is 3. The van der Waals surface area contributed by atoms with Crippen LogP contribution in [0.25, 0.3) is 0 Å². The van der Waals surface area contributed by atoms with Crippen molar-refractivity contribution in [3.8, 4) is 0 Å². The van der Waals surface area contributed by atoms with Gasteiger partial charge in [-0.05, 0) is 50.7 Å². The molecule has 3 atom stereocenters. The van der Waals surface area contributed by atoms with Crippen LogP contribution in [-0.4, -0.2) is 57.5 Å². The quantitative estimate of drug-likeness (QED) is 0.237. The van der Waals surface area contributed by atoms with E-state index in [-0.39, 0.29) is 45.4 Å². The van der Waals surface area contributed by atoms with Gasteiger partial charge >= 0.3 is 0 Å². The lowest BCUT2D eigenvalue weighted by Gasteiger charge is -2.18. The van der Waals surface area contributed by atoms with Gasteiger partial charge in [-0.15, -0.1) is 0 Å². The summed E-state index contributed by atoms with van der Waals surface area (Å²) in [5.74, 6) is 0.688. The van der Waals surface area contributed by atoms with Gasteiger partial charge in [-0.3, -0.25) is 24.6 Å². The number of aryl methyl sites for hydroxylation is 2. The summed E-state index contributed by atoms with van der Waals surface area (Å²) in [5.41, 5.74) is 4.62. The molecular weight excluding hydrogens is 584 g/mol. The fourth-order valence-corrected chi connectivity index (χ4v) is 5.88. The van der Waals surface area contributed by atoms with E-state index in [1.54, 1.807) is 31.5 Å². The number of aromatic nitrogens is 4. The van der Waals surface area contributed by atoms with Gasteiger partial charge in [0.15, 0.2) is 17.3 Å². The fraction of sp³-hybridized carbons (Fsp3) is 0.419. The average Bonchev–Trinajstić information content (AvgIpc) is 3.69. The van der Waals surface area contributed by atoms with Crippen LogP contribution >= 0.6 is 0 Å². The Kier molecular flexibility index (Phi) is 10.3. The van der Waals surface area contributed by atoms with Crippen molar-refractivity contribution in [2.45, 2.75) is 77.0 Å². The first-order valence-electron chi connectivity index (χ1n) is 14.6. The number of aliphatic hydroxyl groups is 1. The minimum atomic E-state index is -3.79. The molecule has 6 rings (SSSR count). The van der Waals surface area contributed by atoms with Gasteiger partial charge in [0.25, 0.3) is 10.0 Å². The Bertz CT molecular complexity index is 1690. The van der Waals surface area contributed by atoms with Crippen LogP contribution in [0.2, 0.25) is 0 Å². The Morgan fingerprint density at radius 3 is 2.18 bits per heavy atom. The Hall–Kier alpha value is -4.39. The number of hydrogen-bond acceptors (Lipinski definition) is 9. The molecule has 3 aliphatic rings. The number of fused-ring (bicyclic) bond motifs is 2. The Labute approximate surface area is 256 Å². The largest absolute Gasteiger partial charge is 0.511 e. The van der Waals surface area contributed by atoms with Crippen molar-refractivity contribution in [2.24, 2.45) is 16.9 Å². The highest BCUT2D eigenvalue weighted by Crippen LogP contribution is 2.29. The van der Waals surface area contributed by atoms with Gasteiger partial charge in [0.1, 0.15) is 5.76 Å². The zero-order valence-electron chi connectivity index (χ0n) is 25.3. The second-order valence-electron chi connectivity index (χ2n) is 11.5. The third-order valence-electron chi connectivity index (χ3n) is 8.07. The maximum absolute atomic E-state index is 12.0. The summed E-state index contributed by atoms with van der Waals surface area (Å²) in [6, 6.07) is 6.30. The van der Waals surface area contributed by atoms with Gasteiger partial charge in [0.05, 0.1) is 40.2 Å². The van der Waals surface area contributed by atoms with Crippen LogP contribution in [0, 0.1) is 18.8 Å². The number of carbonyl (C=O) groups is 3. The third kappa shape index (κ3) is 7.57. The summed E-state index contributed by atoms with van der Waals surface area (Å²) in [6.07, 6.45) is 8.77. The minimum Gasteiger partial charge on any atom is -0.511 e. The first-order valence-corrected chi connectivity index (χ1v) is 16.1. The van der Waals surface area contributed by atoms with Crippen molar-refractivity contribution >= 4 is 33.6 Å². The van der Waals surface area contributed by atoms with Crippen molar-refractivity contribution in [3.63, 3.8) is 0 Å². The minimum absolute atomic E-state index is 0.0467. The van der Waals surface area contributed by atoms with E-state index in [2.05, 4.69) is 32.4 Å². The van der Waals surface area contributed by atoms with Gasteiger partial charge in [-0.1, -0.05) is 38.5 Å². The van der Waals surface area contributed by atoms with Gasteiger partial charge in [0.2, 0.25) is 0 Å². The molecule has 12 nitrogen and oxygen atoms in total. The lowest BCUT2D eigenvalue weighted by Crippen LogP contribution is -2.22. The zero-order valence-corrected chi connectivity index (χ0v) is 26.1. The third-order valence-corrected chi connectivity index (χ3v) is 9.31. The SMILES string of the molecule is CC1CCC(=O)c2cn[nH]c21.CC1CCc2[nH]ncc2C1=O.Cc1ccc(S(=O)(=O)NN=CC2=C(O)C(C)CCC2=O)cc1. The number of ketones is 3. The molecule has 0 radical (unpaired) electrons. The standard InChI is InChI=1S/C15H18N2O4S.2C8H10N2O/c1-10-3-6-12(7-4-10)22(20,21)17-16-9-13-14(18)8-5-11(2)15(13)19;1-5-2-3-7(11)6-4-9-10-8(5)6;1-5-2-3-7-6(8(5)11)4-9-10-7/h3-4,6-7,9,11,17,19H,5,8H2,1-2H3;2*4-5H,2-3H2,1H3,(H,9,10). The number of nitrogens with one attached hydrogen (secondary N) is 3. The fourth-order valence-electron chi connectivity index (χ4n) is 5.09. The molecule has 3 aliphatic carbocycles. The van der Waals surface area contributed by atoms with Crippen molar-refractivity contribution in [1.29, 1.82) is 0 Å². The van der Waals surface area contributed by atoms with Crippen molar-refractivity contribution < 1.29 is 27.9 Å². The number of hydrazone groups is 1. The van der Waals surface area contributed by atoms with Crippen molar-refractivity contribution in [1.82, 2.24) is 25.2 Å². The van der Waals surface area contributed by atoms with Crippen LogP contribution in [0.15, 0.2) is 58.0 Å². The summed E-state index contributed by atoms with van der Waals surface area (Å²) in [5, 5.41) is 26.9. The molecule has 1 aromatic carbocycles. The van der Waals surface area contributed by atoms with Gasteiger partial charge in [0, 0.05) is 36.1 Å². The average molecular weight is 623 g/mol. The highest BCUT2D eigenvalue weighted by molar-refractivity contribution is 7.89. The molecule has 13 heteroatoms. The van der Waals surface area contributed by atoms with E-state index < -0.39 is 10.0 Å². The molecule has 0 aliphatic heterocycles. The molecule has 3 aromatic rings. The maximum Gasteiger partial charge on any atom is 0.276 e. The monoisotopic (exact) mass is 622 g/mol. The van der Waals surface area contributed by atoms with Crippen molar-refractivity contribution in [3.05, 3.63) is 76.1 Å². The highest BCUT2D eigenvalue weighted by atomic mass is 32.2. The van der Waals surface area contributed by atoms with Crippen LogP contribution in [0.4, 0.5) is 0 Å². The maximum atomic E-state index is 12.0. The predicted molar refractivity (Wildman–Crippen MR) is 164 cm³/mol. The number of rotatable bonds is 4. The molecule has 0 saturated heterocycles. The molecule has 0 spiro atoms. The van der Waals surface area contributed by atoms with E-state index >= 15 is 0 Å². The first kappa shape index (κ1) is 32.5. The van der Waals surface area contributed by atoms with Crippen LogP contribution in [0.1, 0.15) is 96.5 Å². The molecule has 0 bridgehead atoms. The zero-order chi connectivity index (χ0) is 32.0. The molecule has 0 amide bonds. The molecule has 234 valence electrons. The normalized spacial score (nSPS) is 21.5. The first-order chi connectivity index (χ1) is 20.9. The van der Waals surface area contributed by atoms with Crippen LogP contribution in [0.3, 0.4) is 0 Å². The number of H-pyrrole nitrogens is 2. The number of sulfonamides is 1. The van der Waals surface area contributed by atoms with Crippen molar-refractivity contribution in [2.75, 3.05) is 0 Å². The molecule has 2 aromatic heterocycles. The number of allylic oxidation sites excluding steroid dienone is 2. The molecule has 4 N–H and O–H groups in total.